The lowest BCUT2D eigenvalue weighted by molar-refractivity contribution is 0.100. The van der Waals surface area contributed by atoms with Gasteiger partial charge in [-0.25, -0.2) is 0 Å². The smallest absolute Gasteiger partial charge is 0.261 e. The van der Waals surface area contributed by atoms with Crippen molar-refractivity contribution in [3.63, 3.8) is 0 Å². The van der Waals surface area contributed by atoms with Gasteiger partial charge in [0.15, 0.2) is 0 Å². The fourth-order valence-electron chi connectivity index (χ4n) is 1.32. The Kier molecular flexibility index (Phi) is 4.39. The van der Waals surface area contributed by atoms with E-state index >= 15 is 0 Å². The number of nitrogens with zero attached hydrogens (tertiary/aromatic N) is 2. The molecule has 1 rings (SSSR count). The number of rotatable bonds is 5. The van der Waals surface area contributed by atoms with E-state index in [0.29, 0.717) is 11.5 Å². The van der Waals surface area contributed by atoms with Crippen LogP contribution in [-0.4, -0.2) is 37.0 Å². The van der Waals surface area contributed by atoms with Crippen molar-refractivity contribution in [2.24, 2.45) is 5.73 Å². The fourth-order valence-corrected chi connectivity index (χ4v) is 2.24. The topological polar surface area (TPSA) is 108 Å². The molecule has 0 aliphatic carbocycles. The van der Waals surface area contributed by atoms with Gasteiger partial charge in [-0.2, -0.15) is 5.26 Å². The lowest BCUT2D eigenvalue weighted by Gasteiger charge is -2.32. The van der Waals surface area contributed by atoms with Crippen molar-refractivity contribution < 1.29 is 4.79 Å². The predicted octanol–water partition coefficient (Wildman–Crippen LogP) is 1.05. The predicted molar refractivity (Wildman–Crippen MR) is 78.2 cm³/mol. The number of anilines is 2. The number of carbonyl (C=O) groups is 1. The highest BCUT2D eigenvalue weighted by Crippen LogP contribution is 2.35. The Hall–Kier alpha value is -1.78. The van der Waals surface area contributed by atoms with Gasteiger partial charge in [-0.1, -0.05) is 0 Å². The first kappa shape index (κ1) is 15.3. The maximum atomic E-state index is 11.2. The summed E-state index contributed by atoms with van der Waals surface area (Å²) in [6.07, 6.45) is 0. The Morgan fingerprint density at radius 1 is 1.53 bits per heavy atom. The van der Waals surface area contributed by atoms with Crippen LogP contribution in [0.4, 0.5) is 10.7 Å². The minimum atomic E-state index is -0.612. The number of hydrogen-bond acceptors (Lipinski definition) is 6. The first-order chi connectivity index (χ1) is 8.70. The van der Waals surface area contributed by atoms with Gasteiger partial charge in [-0.05, 0) is 27.9 Å². The molecule has 1 amide bonds. The molecule has 0 aliphatic rings. The number of nitrogens with one attached hydrogen (secondary N) is 1. The largest absolute Gasteiger partial charge is 0.396 e. The van der Waals surface area contributed by atoms with Gasteiger partial charge in [-0.15, -0.1) is 11.3 Å². The van der Waals surface area contributed by atoms with Crippen LogP contribution in [0.2, 0.25) is 0 Å². The number of likely N-dealkylation sites (N-methyl/N-ethyl adjacent to an activating group) is 1. The van der Waals surface area contributed by atoms with Crippen molar-refractivity contribution in [2.75, 3.05) is 31.7 Å². The van der Waals surface area contributed by atoms with E-state index in [1.165, 1.54) is 0 Å². The molecule has 1 heterocycles. The molecule has 0 unspecified atom stereocenters. The number of hydrogen-bond donors (Lipinski definition) is 3. The van der Waals surface area contributed by atoms with Crippen LogP contribution in [0.15, 0.2) is 0 Å². The highest BCUT2D eigenvalue weighted by Gasteiger charge is 2.23. The molecule has 0 atom stereocenters. The van der Waals surface area contributed by atoms with Gasteiger partial charge in [0.25, 0.3) is 5.91 Å². The molecule has 0 fully saturated rings. The fraction of sp³-hybridized carbons (Fsp3) is 0.500. The number of nitrogens with two attached hydrogens (primary N) is 2. The zero-order valence-corrected chi connectivity index (χ0v) is 12.4. The van der Waals surface area contributed by atoms with Gasteiger partial charge in [-0.3, -0.25) is 4.79 Å². The second kappa shape index (κ2) is 5.47. The van der Waals surface area contributed by atoms with Crippen molar-refractivity contribution in [1.29, 1.82) is 5.26 Å². The van der Waals surface area contributed by atoms with Crippen molar-refractivity contribution >= 4 is 27.9 Å². The molecule has 0 saturated carbocycles. The highest BCUT2D eigenvalue weighted by atomic mass is 32.1. The monoisotopic (exact) mass is 281 g/mol. The number of primary amides is 1. The average molecular weight is 281 g/mol. The number of thiophene rings is 1. The molecule has 7 heteroatoms. The molecule has 5 N–H and O–H groups in total. The summed E-state index contributed by atoms with van der Waals surface area (Å²) in [6.45, 7) is 4.75. The van der Waals surface area contributed by atoms with Crippen molar-refractivity contribution in [1.82, 2.24) is 4.90 Å². The Labute approximate surface area is 117 Å². The highest BCUT2D eigenvalue weighted by molar-refractivity contribution is 7.18. The van der Waals surface area contributed by atoms with Crippen LogP contribution in [-0.2, 0) is 0 Å². The van der Waals surface area contributed by atoms with Crippen molar-refractivity contribution in [2.45, 2.75) is 19.4 Å². The second-order valence-corrected chi connectivity index (χ2v) is 6.11. The molecular weight excluding hydrogens is 262 g/mol. The van der Waals surface area contributed by atoms with Crippen LogP contribution in [0.25, 0.3) is 0 Å². The lowest BCUT2D eigenvalue weighted by Crippen LogP contribution is -2.44. The summed E-state index contributed by atoms with van der Waals surface area (Å²) >= 11 is 1.12. The molecule has 104 valence electrons. The van der Waals surface area contributed by atoms with Crippen LogP contribution in [0.3, 0.4) is 0 Å². The molecule has 0 spiro atoms. The zero-order valence-electron chi connectivity index (χ0n) is 11.6. The van der Waals surface area contributed by atoms with Gasteiger partial charge >= 0.3 is 0 Å². The number of nitrogen functional groups attached to an aromatic ring is 1. The quantitative estimate of drug-likeness (QED) is 0.747. The van der Waals surface area contributed by atoms with Crippen LogP contribution in [0.5, 0.6) is 0 Å². The number of nitriles is 1. The maximum absolute atomic E-state index is 11.2. The Morgan fingerprint density at radius 2 is 2.11 bits per heavy atom. The van der Waals surface area contributed by atoms with Gasteiger partial charge in [0.05, 0.1) is 5.69 Å². The zero-order chi connectivity index (χ0) is 14.8. The summed E-state index contributed by atoms with van der Waals surface area (Å²) in [4.78, 5) is 13.5. The SMILES string of the molecule is CN(C)C(C)(C)CNc1sc(C(N)=O)c(N)c1C#N. The van der Waals surface area contributed by atoms with E-state index in [-0.39, 0.29) is 21.7 Å². The van der Waals surface area contributed by atoms with E-state index in [1.807, 2.05) is 20.2 Å². The average Bonchev–Trinajstić information content (AvgIpc) is 2.63. The summed E-state index contributed by atoms with van der Waals surface area (Å²) < 4.78 is 0. The Balaban J connectivity index is 3.00. The van der Waals surface area contributed by atoms with Gasteiger partial charge in [0, 0.05) is 12.1 Å². The lowest BCUT2D eigenvalue weighted by atomic mass is 10.0. The standard InChI is InChI=1S/C12H19N5OS/c1-12(2,17(3)4)6-16-11-7(5-13)8(14)9(19-11)10(15)18/h16H,6,14H2,1-4H3,(H2,15,18). The maximum Gasteiger partial charge on any atom is 0.261 e. The molecule has 6 nitrogen and oxygen atoms in total. The second-order valence-electron chi connectivity index (χ2n) is 5.09. The van der Waals surface area contributed by atoms with E-state index in [2.05, 4.69) is 24.1 Å². The molecular formula is C12H19N5OS. The Bertz CT molecular complexity index is 527. The van der Waals surface area contributed by atoms with Crippen LogP contribution >= 0.6 is 11.3 Å². The van der Waals surface area contributed by atoms with Gasteiger partial charge in [0.1, 0.15) is 21.5 Å². The van der Waals surface area contributed by atoms with E-state index in [9.17, 15) is 4.79 Å². The van der Waals surface area contributed by atoms with E-state index < -0.39 is 5.91 Å². The summed E-state index contributed by atoms with van der Waals surface area (Å²) in [5.74, 6) is -0.612. The van der Waals surface area contributed by atoms with Crippen molar-refractivity contribution in [3.8, 4) is 6.07 Å². The minimum absolute atomic E-state index is 0.0988. The molecule has 0 radical (unpaired) electrons. The molecule has 19 heavy (non-hydrogen) atoms. The van der Waals surface area contributed by atoms with E-state index in [1.54, 1.807) is 0 Å². The van der Waals surface area contributed by atoms with Crippen LogP contribution in [0.1, 0.15) is 29.1 Å². The molecule has 0 aromatic carbocycles. The normalized spacial score (nSPS) is 11.4. The third kappa shape index (κ3) is 3.16. The first-order valence-electron chi connectivity index (χ1n) is 5.74. The molecule has 1 aromatic heterocycles. The third-order valence-corrected chi connectivity index (χ3v) is 4.35. The molecule has 0 bridgehead atoms. The van der Waals surface area contributed by atoms with Crippen LogP contribution < -0.4 is 16.8 Å². The molecule has 0 aliphatic heterocycles. The van der Waals surface area contributed by atoms with Gasteiger partial charge in [0.2, 0.25) is 0 Å². The Morgan fingerprint density at radius 3 is 2.53 bits per heavy atom. The van der Waals surface area contributed by atoms with Gasteiger partial charge < -0.3 is 21.7 Å². The summed E-state index contributed by atoms with van der Waals surface area (Å²) in [6, 6.07) is 2.01. The number of carbonyl (C=O) groups excluding carboxylic acids is 1. The van der Waals surface area contributed by atoms with E-state index in [0.717, 1.165) is 11.3 Å². The number of amides is 1. The molecule has 0 saturated heterocycles. The minimum Gasteiger partial charge on any atom is -0.396 e. The van der Waals surface area contributed by atoms with Crippen molar-refractivity contribution in [3.05, 3.63) is 10.4 Å². The van der Waals surface area contributed by atoms with E-state index in [4.69, 9.17) is 16.7 Å². The summed E-state index contributed by atoms with van der Waals surface area (Å²) in [7, 11) is 3.95. The third-order valence-electron chi connectivity index (χ3n) is 3.17. The summed E-state index contributed by atoms with van der Waals surface area (Å²) in [5, 5.41) is 12.9. The van der Waals surface area contributed by atoms with Crippen LogP contribution in [0, 0.1) is 11.3 Å². The first-order valence-corrected chi connectivity index (χ1v) is 6.55. The summed E-state index contributed by atoms with van der Waals surface area (Å²) in [5.41, 5.74) is 11.3. The molecule has 1 aromatic rings.